The molecule has 0 saturated carbocycles. The third kappa shape index (κ3) is 4.72. The van der Waals surface area contributed by atoms with Crippen molar-refractivity contribution in [2.24, 2.45) is 9.98 Å². The SMILES string of the molecule is C=N/C=C(\C=N/CN1CCC2(CCCO2)CC1)C1c2[nH]c3ccccc3c2CCN1CC(F)F. The van der Waals surface area contributed by atoms with Crippen LogP contribution >= 0.6 is 0 Å². The van der Waals surface area contributed by atoms with Crippen molar-refractivity contribution >= 4 is 23.8 Å². The van der Waals surface area contributed by atoms with Gasteiger partial charge in [0.2, 0.25) is 0 Å². The molecule has 4 heterocycles. The van der Waals surface area contributed by atoms with Gasteiger partial charge in [-0.15, -0.1) is 0 Å². The Bertz CT molecular complexity index is 1060. The van der Waals surface area contributed by atoms with Crippen LogP contribution in [-0.2, 0) is 11.2 Å². The number of para-hydroxylation sites is 1. The van der Waals surface area contributed by atoms with E-state index < -0.39 is 6.43 Å². The number of hydrogen-bond donors (Lipinski definition) is 1. The number of halogens is 2. The predicted octanol–water partition coefficient (Wildman–Crippen LogP) is 4.59. The van der Waals surface area contributed by atoms with Crippen LogP contribution in [0.4, 0.5) is 8.78 Å². The van der Waals surface area contributed by atoms with Crippen molar-refractivity contribution < 1.29 is 13.5 Å². The largest absolute Gasteiger partial charge is 0.375 e. The van der Waals surface area contributed by atoms with E-state index in [2.05, 4.69) is 27.7 Å². The first-order valence-corrected chi connectivity index (χ1v) is 12.2. The molecule has 8 heteroatoms. The summed E-state index contributed by atoms with van der Waals surface area (Å²) >= 11 is 0. The molecule has 2 saturated heterocycles. The highest BCUT2D eigenvalue weighted by molar-refractivity contribution is 5.87. The van der Waals surface area contributed by atoms with Gasteiger partial charge in [-0.05, 0) is 50.5 Å². The average molecular weight is 470 g/mol. The summed E-state index contributed by atoms with van der Waals surface area (Å²) in [5.41, 5.74) is 4.02. The highest BCUT2D eigenvalue weighted by Crippen LogP contribution is 2.39. The number of fused-ring (bicyclic) bond motifs is 3. The lowest BCUT2D eigenvalue weighted by Gasteiger charge is -2.38. The van der Waals surface area contributed by atoms with E-state index in [1.54, 1.807) is 12.4 Å². The first-order valence-electron chi connectivity index (χ1n) is 12.2. The lowest BCUT2D eigenvalue weighted by Crippen LogP contribution is -2.44. The minimum atomic E-state index is -2.42. The number of nitrogens with zero attached hydrogens (tertiary/aromatic N) is 4. The standard InChI is InChI=1S/C26H33F2N5O/c1-29-15-19(16-30-18-32-12-9-26(10-13-32)8-4-14-34-26)25-24-21(7-11-33(25)17-23(27)28)20-5-2-3-6-22(20)31-24/h2-3,5-6,15-16,23,25,31H,1,4,7-14,17-18H2/b19-15+,30-16-. The van der Waals surface area contributed by atoms with Crippen molar-refractivity contribution in [2.45, 2.75) is 50.2 Å². The van der Waals surface area contributed by atoms with Crippen LogP contribution in [0.3, 0.4) is 0 Å². The Morgan fingerprint density at radius 3 is 2.79 bits per heavy atom. The molecule has 1 aromatic carbocycles. The molecule has 2 aromatic rings. The summed E-state index contributed by atoms with van der Waals surface area (Å²) in [5, 5.41) is 1.15. The molecule has 1 aromatic heterocycles. The maximum absolute atomic E-state index is 13.5. The number of H-pyrrole nitrogens is 1. The van der Waals surface area contributed by atoms with Crippen LogP contribution in [0, 0.1) is 0 Å². The molecule has 34 heavy (non-hydrogen) atoms. The molecule has 0 aliphatic carbocycles. The molecule has 1 atom stereocenters. The number of aliphatic imine (C=N–C) groups is 2. The van der Waals surface area contributed by atoms with E-state index in [9.17, 15) is 8.78 Å². The Balaban J connectivity index is 1.36. The fraction of sp³-hybridized carbons (Fsp3) is 0.538. The number of nitrogens with one attached hydrogen (secondary N) is 1. The monoisotopic (exact) mass is 469 g/mol. The number of ether oxygens (including phenoxy) is 1. The van der Waals surface area contributed by atoms with E-state index in [0.29, 0.717) is 13.2 Å². The van der Waals surface area contributed by atoms with Gasteiger partial charge in [0.25, 0.3) is 6.43 Å². The molecule has 3 aliphatic rings. The van der Waals surface area contributed by atoms with E-state index in [0.717, 1.165) is 74.0 Å². The lowest BCUT2D eigenvalue weighted by molar-refractivity contribution is -0.0427. The van der Waals surface area contributed by atoms with Gasteiger partial charge in [-0.3, -0.25) is 19.8 Å². The minimum absolute atomic E-state index is 0.0853. The molecule has 0 amide bonds. The van der Waals surface area contributed by atoms with Gasteiger partial charge in [-0.1, -0.05) is 18.2 Å². The van der Waals surface area contributed by atoms with E-state index in [1.807, 2.05) is 23.1 Å². The number of aromatic amines is 1. The Morgan fingerprint density at radius 2 is 2.06 bits per heavy atom. The average Bonchev–Trinajstić information content (AvgIpc) is 3.44. The highest BCUT2D eigenvalue weighted by Gasteiger charge is 2.38. The molecule has 2 fully saturated rings. The normalized spacial score (nSPS) is 24.0. The fourth-order valence-corrected chi connectivity index (χ4v) is 5.84. The van der Waals surface area contributed by atoms with Crippen molar-refractivity contribution in [3.8, 4) is 0 Å². The van der Waals surface area contributed by atoms with Gasteiger partial charge in [0.15, 0.2) is 0 Å². The smallest absolute Gasteiger partial charge is 0.251 e. The second kappa shape index (κ2) is 10.1. The molecule has 1 spiro atoms. The third-order valence-corrected chi connectivity index (χ3v) is 7.54. The number of alkyl halides is 2. The molecule has 1 unspecified atom stereocenters. The molecule has 182 valence electrons. The Labute approximate surface area is 199 Å². The number of aromatic nitrogens is 1. The third-order valence-electron chi connectivity index (χ3n) is 7.54. The summed E-state index contributed by atoms with van der Waals surface area (Å²) < 4.78 is 33.0. The van der Waals surface area contributed by atoms with Gasteiger partial charge < -0.3 is 9.72 Å². The number of hydrogen-bond acceptors (Lipinski definition) is 5. The summed E-state index contributed by atoms with van der Waals surface area (Å²) in [7, 11) is 0. The molecule has 0 radical (unpaired) electrons. The van der Waals surface area contributed by atoms with Crippen LogP contribution in [0.2, 0.25) is 0 Å². The summed E-state index contributed by atoms with van der Waals surface area (Å²) in [6.45, 7) is 7.27. The van der Waals surface area contributed by atoms with Crippen LogP contribution in [0.25, 0.3) is 10.9 Å². The molecular weight excluding hydrogens is 436 g/mol. The molecule has 6 nitrogen and oxygen atoms in total. The van der Waals surface area contributed by atoms with Crippen LogP contribution in [0.15, 0.2) is 46.0 Å². The zero-order chi connectivity index (χ0) is 23.5. The predicted molar refractivity (Wildman–Crippen MR) is 132 cm³/mol. The number of likely N-dealkylation sites (tertiary alicyclic amines) is 1. The van der Waals surface area contributed by atoms with Crippen molar-refractivity contribution in [1.82, 2.24) is 14.8 Å². The Morgan fingerprint density at radius 1 is 1.24 bits per heavy atom. The van der Waals surface area contributed by atoms with Crippen molar-refractivity contribution in [3.05, 3.63) is 47.3 Å². The zero-order valence-electron chi connectivity index (χ0n) is 19.6. The number of rotatable bonds is 7. The lowest BCUT2D eigenvalue weighted by atomic mass is 9.89. The maximum atomic E-state index is 13.5. The van der Waals surface area contributed by atoms with Crippen molar-refractivity contribution in [2.75, 3.05) is 39.5 Å². The van der Waals surface area contributed by atoms with Gasteiger partial charge in [0.05, 0.1) is 24.9 Å². The van der Waals surface area contributed by atoms with Crippen LogP contribution < -0.4 is 0 Å². The first-order chi connectivity index (χ1) is 16.6. The molecule has 1 N–H and O–H groups in total. The first kappa shape index (κ1) is 23.3. The summed E-state index contributed by atoms with van der Waals surface area (Å²) in [6.07, 6.45) is 6.18. The fourth-order valence-electron chi connectivity index (χ4n) is 5.84. The number of benzene rings is 1. The van der Waals surface area contributed by atoms with Crippen molar-refractivity contribution in [3.63, 3.8) is 0 Å². The van der Waals surface area contributed by atoms with E-state index in [-0.39, 0.29) is 18.2 Å². The Hall–Kier alpha value is -2.42. The second-order valence-corrected chi connectivity index (χ2v) is 9.62. The van der Waals surface area contributed by atoms with Gasteiger partial charge in [0, 0.05) is 60.8 Å². The van der Waals surface area contributed by atoms with Crippen molar-refractivity contribution in [1.29, 1.82) is 0 Å². The van der Waals surface area contributed by atoms with Crippen LogP contribution in [0.1, 0.15) is 43.0 Å². The van der Waals surface area contributed by atoms with Crippen LogP contribution in [-0.4, -0.2) is 79.2 Å². The van der Waals surface area contributed by atoms with Gasteiger partial charge in [0.1, 0.15) is 0 Å². The zero-order valence-corrected chi connectivity index (χ0v) is 19.6. The Kier molecular flexibility index (Phi) is 6.90. The second-order valence-electron chi connectivity index (χ2n) is 9.62. The van der Waals surface area contributed by atoms with E-state index in [1.165, 1.54) is 5.56 Å². The molecular formula is C26H33F2N5O. The summed E-state index contributed by atoms with van der Waals surface area (Å²) in [4.78, 5) is 16.4. The summed E-state index contributed by atoms with van der Waals surface area (Å²) in [6, 6.07) is 7.75. The van der Waals surface area contributed by atoms with Gasteiger partial charge in [-0.2, -0.15) is 0 Å². The van der Waals surface area contributed by atoms with Gasteiger partial charge >= 0.3 is 0 Å². The summed E-state index contributed by atoms with van der Waals surface area (Å²) in [5.74, 6) is 0. The minimum Gasteiger partial charge on any atom is -0.375 e. The maximum Gasteiger partial charge on any atom is 0.251 e. The van der Waals surface area contributed by atoms with E-state index >= 15 is 0 Å². The molecule has 3 aliphatic heterocycles. The molecule has 5 rings (SSSR count). The molecule has 0 bridgehead atoms. The van der Waals surface area contributed by atoms with Crippen LogP contribution in [0.5, 0.6) is 0 Å². The topological polar surface area (TPSA) is 56.2 Å². The highest BCUT2D eigenvalue weighted by atomic mass is 19.3. The van der Waals surface area contributed by atoms with Gasteiger partial charge in [-0.25, -0.2) is 8.78 Å². The number of piperidine rings is 1. The quantitative estimate of drug-likeness (QED) is 0.604. The van der Waals surface area contributed by atoms with E-state index in [4.69, 9.17) is 9.73 Å².